The van der Waals surface area contributed by atoms with Gasteiger partial charge in [-0.3, -0.25) is 9.36 Å². The maximum atomic E-state index is 12.2. The lowest BCUT2D eigenvalue weighted by Gasteiger charge is -2.05. The Morgan fingerprint density at radius 2 is 1.84 bits per heavy atom. The lowest BCUT2D eigenvalue weighted by molar-refractivity contribution is 0.709. The number of aromatic nitrogens is 3. The summed E-state index contributed by atoms with van der Waals surface area (Å²) in [5.41, 5.74) is 0.836. The van der Waals surface area contributed by atoms with E-state index in [1.165, 1.54) is 6.20 Å². The molecule has 1 aromatic carbocycles. The summed E-state index contributed by atoms with van der Waals surface area (Å²) in [5.74, 6) is 0. The highest BCUT2D eigenvalue weighted by Crippen LogP contribution is 2.02. The van der Waals surface area contributed by atoms with Gasteiger partial charge in [0.15, 0.2) is 5.52 Å². The molecule has 0 fully saturated rings. The number of H-pyrrole nitrogens is 1. The van der Waals surface area contributed by atoms with Crippen LogP contribution < -0.4 is 11.2 Å². The van der Waals surface area contributed by atoms with E-state index in [1.807, 2.05) is 30.3 Å². The summed E-state index contributed by atoms with van der Waals surface area (Å²) in [6, 6.07) is 12.7. The third-order valence-electron chi connectivity index (χ3n) is 2.93. The molecular weight excluding hydrogens is 242 g/mol. The summed E-state index contributed by atoms with van der Waals surface area (Å²) in [6.07, 6.45) is 1.54. The molecule has 2 aromatic heterocycles. The topological polar surface area (TPSA) is 67.8 Å². The van der Waals surface area contributed by atoms with Crippen molar-refractivity contribution in [2.45, 2.75) is 6.54 Å². The zero-order chi connectivity index (χ0) is 13.2. The summed E-state index contributed by atoms with van der Waals surface area (Å²) < 4.78 is 1.16. The highest BCUT2D eigenvalue weighted by atomic mass is 16.2. The average molecular weight is 253 g/mol. The first-order valence-electron chi connectivity index (χ1n) is 5.87. The van der Waals surface area contributed by atoms with Crippen molar-refractivity contribution >= 4 is 11.0 Å². The maximum Gasteiger partial charge on any atom is 0.329 e. The first-order chi connectivity index (χ1) is 9.25. The van der Waals surface area contributed by atoms with E-state index in [9.17, 15) is 9.59 Å². The lowest BCUT2D eigenvalue weighted by atomic mass is 10.2. The Bertz CT molecular complexity index is 834. The van der Waals surface area contributed by atoms with Crippen LogP contribution in [0.3, 0.4) is 0 Å². The number of hydrogen-bond donors (Lipinski definition) is 1. The Morgan fingerprint density at radius 1 is 1.05 bits per heavy atom. The third kappa shape index (κ3) is 2.06. The molecule has 0 amide bonds. The number of hydrogen-bond acceptors (Lipinski definition) is 3. The third-order valence-corrected chi connectivity index (χ3v) is 2.93. The van der Waals surface area contributed by atoms with E-state index in [0.717, 1.165) is 10.1 Å². The Kier molecular flexibility index (Phi) is 2.72. The monoisotopic (exact) mass is 253 g/mol. The molecule has 0 aliphatic carbocycles. The van der Waals surface area contributed by atoms with Crippen LogP contribution >= 0.6 is 0 Å². The van der Waals surface area contributed by atoms with Gasteiger partial charge in [-0.1, -0.05) is 30.3 Å². The molecule has 1 N–H and O–H groups in total. The van der Waals surface area contributed by atoms with Crippen LogP contribution in [0.5, 0.6) is 0 Å². The van der Waals surface area contributed by atoms with Crippen LogP contribution in [0.2, 0.25) is 0 Å². The molecule has 0 aliphatic rings. The van der Waals surface area contributed by atoms with E-state index in [2.05, 4.69) is 9.97 Å². The van der Waals surface area contributed by atoms with Crippen LogP contribution in [-0.2, 0) is 6.54 Å². The van der Waals surface area contributed by atoms with Crippen molar-refractivity contribution in [2.24, 2.45) is 0 Å². The number of fused-ring (bicyclic) bond motifs is 1. The maximum absolute atomic E-state index is 12.2. The molecule has 19 heavy (non-hydrogen) atoms. The smallest absolute Gasteiger partial charge is 0.305 e. The molecule has 0 saturated carbocycles. The highest BCUT2D eigenvalue weighted by molar-refractivity contribution is 5.71. The van der Waals surface area contributed by atoms with Crippen LogP contribution in [0.15, 0.2) is 58.3 Å². The van der Waals surface area contributed by atoms with E-state index in [1.54, 1.807) is 12.1 Å². The molecule has 5 nitrogen and oxygen atoms in total. The van der Waals surface area contributed by atoms with Crippen molar-refractivity contribution in [1.29, 1.82) is 0 Å². The molecule has 5 heteroatoms. The summed E-state index contributed by atoms with van der Waals surface area (Å²) in [5, 5.41) is 0. The van der Waals surface area contributed by atoms with Crippen molar-refractivity contribution in [3.8, 4) is 0 Å². The molecule has 0 atom stereocenters. The molecule has 0 unspecified atom stereocenters. The minimum absolute atomic E-state index is 0.238. The van der Waals surface area contributed by atoms with Gasteiger partial charge in [-0.05, 0) is 17.7 Å². The fourth-order valence-corrected chi connectivity index (χ4v) is 1.99. The van der Waals surface area contributed by atoms with E-state index in [0.29, 0.717) is 5.52 Å². The predicted molar refractivity (Wildman–Crippen MR) is 72.2 cm³/mol. The molecule has 0 spiro atoms. The predicted octanol–water partition coefficient (Wildman–Crippen LogP) is 1.13. The van der Waals surface area contributed by atoms with Gasteiger partial charge in [-0.25, -0.2) is 9.78 Å². The van der Waals surface area contributed by atoms with Gasteiger partial charge in [0.2, 0.25) is 0 Å². The van der Waals surface area contributed by atoms with Gasteiger partial charge < -0.3 is 4.98 Å². The van der Waals surface area contributed by atoms with Gasteiger partial charge in [0.05, 0.1) is 12.1 Å². The summed E-state index contributed by atoms with van der Waals surface area (Å²) in [4.78, 5) is 30.9. The quantitative estimate of drug-likeness (QED) is 0.744. The number of nitrogens with one attached hydrogen (secondary N) is 1. The largest absolute Gasteiger partial charge is 0.329 e. The SMILES string of the molecule is O=c1[nH]c2cccnc2c(=O)n1Cc1ccccc1. The normalized spacial score (nSPS) is 10.7. The number of rotatable bonds is 2. The summed E-state index contributed by atoms with van der Waals surface area (Å²) >= 11 is 0. The van der Waals surface area contributed by atoms with Gasteiger partial charge >= 0.3 is 5.69 Å². The van der Waals surface area contributed by atoms with Gasteiger partial charge in [0.1, 0.15) is 0 Å². The van der Waals surface area contributed by atoms with Gasteiger partial charge in [0, 0.05) is 6.20 Å². The highest BCUT2D eigenvalue weighted by Gasteiger charge is 2.08. The fourth-order valence-electron chi connectivity index (χ4n) is 1.99. The zero-order valence-corrected chi connectivity index (χ0v) is 10.0. The molecule has 0 aliphatic heterocycles. The fraction of sp³-hybridized carbons (Fsp3) is 0.0714. The van der Waals surface area contributed by atoms with Crippen molar-refractivity contribution in [3.63, 3.8) is 0 Å². The minimum Gasteiger partial charge on any atom is -0.305 e. The standard InChI is InChI=1S/C14H11N3O2/c18-13-12-11(7-4-8-15-12)16-14(19)17(13)9-10-5-2-1-3-6-10/h1-8H,9H2,(H,16,19). The molecule has 2 heterocycles. The molecule has 0 saturated heterocycles. The van der Waals surface area contributed by atoms with Crippen LogP contribution in [0.4, 0.5) is 0 Å². The molecule has 94 valence electrons. The van der Waals surface area contributed by atoms with E-state index < -0.39 is 5.69 Å². The average Bonchev–Trinajstić information content (AvgIpc) is 2.45. The summed E-state index contributed by atoms with van der Waals surface area (Å²) in [7, 11) is 0. The molecule has 0 radical (unpaired) electrons. The summed E-state index contributed by atoms with van der Waals surface area (Å²) in [6.45, 7) is 0.238. The number of nitrogens with zero attached hydrogens (tertiary/aromatic N) is 2. The molecule has 3 aromatic rings. The molecule has 0 bridgehead atoms. The van der Waals surface area contributed by atoms with Crippen LogP contribution in [0.1, 0.15) is 5.56 Å². The van der Waals surface area contributed by atoms with Gasteiger partial charge in [0.25, 0.3) is 5.56 Å². The molecular formula is C14H11N3O2. The van der Waals surface area contributed by atoms with Crippen LogP contribution in [0.25, 0.3) is 11.0 Å². The lowest BCUT2D eigenvalue weighted by Crippen LogP contribution is -2.35. The van der Waals surface area contributed by atoms with E-state index >= 15 is 0 Å². The Morgan fingerprint density at radius 3 is 2.63 bits per heavy atom. The zero-order valence-electron chi connectivity index (χ0n) is 10.0. The van der Waals surface area contributed by atoms with Crippen molar-refractivity contribution in [3.05, 3.63) is 75.1 Å². The second-order valence-electron chi connectivity index (χ2n) is 4.21. The van der Waals surface area contributed by atoms with Crippen LogP contribution in [0, 0.1) is 0 Å². The Hall–Kier alpha value is -2.69. The second kappa shape index (κ2) is 4.53. The Labute approximate surface area is 108 Å². The van der Waals surface area contributed by atoms with Crippen molar-refractivity contribution in [2.75, 3.05) is 0 Å². The number of aromatic amines is 1. The van der Waals surface area contributed by atoms with Gasteiger partial charge in [-0.2, -0.15) is 0 Å². The van der Waals surface area contributed by atoms with Gasteiger partial charge in [-0.15, -0.1) is 0 Å². The first-order valence-corrected chi connectivity index (χ1v) is 5.87. The number of benzene rings is 1. The minimum atomic E-state index is -0.422. The van der Waals surface area contributed by atoms with E-state index in [4.69, 9.17) is 0 Å². The van der Waals surface area contributed by atoms with Crippen molar-refractivity contribution < 1.29 is 0 Å². The van der Waals surface area contributed by atoms with E-state index in [-0.39, 0.29) is 17.6 Å². The second-order valence-corrected chi connectivity index (χ2v) is 4.21. The molecule has 3 rings (SSSR count). The van der Waals surface area contributed by atoms with Crippen LogP contribution in [-0.4, -0.2) is 14.5 Å². The Balaban J connectivity index is 2.19. The van der Waals surface area contributed by atoms with Crippen molar-refractivity contribution in [1.82, 2.24) is 14.5 Å². The number of pyridine rings is 1. The first kappa shape index (κ1) is 11.4.